The van der Waals surface area contributed by atoms with E-state index in [1.807, 2.05) is 36.4 Å². The van der Waals surface area contributed by atoms with Gasteiger partial charge < -0.3 is 9.84 Å². The minimum atomic E-state index is -0.475. The molecule has 1 atom stereocenters. The molecule has 0 aliphatic carbocycles. The molecule has 3 nitrogen and oxygen atoms in total. The lowest BCUT2D eigenvalue weighted by molar-refractivity contribution is 0.199. The number of thioether (sulfide) groups is 1. The first-order chi connectivity index (χ1) is 10.7. The molecule has 3 aromatic rings. The maximum absolute atomic E-state index is 9.73. The van der Waals surface area contributed by atoms with Gasteiger partial charge in [0, 0.05) is 11.3 Å². The predicted octanol–water partition coefficient (Wildman–Crippen LogP) is 4.65. The van der Waals surface area contributed by atoms with Crippen LogP contribution in [0.2, 0.25) is 0 Å². The molecule has 0 aliphatic rings. The van der Waals surface area contributed by atoms with Crippen LogP contribution in [0.5, 0.6) is 5.75 Å². The summed E-state index contributed by atoms with van der Waals surface area (Å²) in [6.45, 7) is 1.77. The van der Waals surface area contributed by atoms with E-state index in [1.165, 1.54) is 4.70 Å². The van der Waals surface area contributed by atoms with Crippen molar-refractivity contribution < 1.29 is 9.84 Å². The van der Waals surface area contributed by atoms with Gasteiger partial charge in [-0.2, -0.15) is 0 Å². The lowest BCUT2D eigenvalue weighted by atomic mass is 10.1. The SMILES string of the molecule is COc1ccc([C@@H](C)O)cc1CSc1nc2ccccc2s1. The number of para-hydroxylation sites is 1. The lowest BCUT2D eigenvalue weighted by Gasteiger charge is -2.11. The number of thiazole rings is 1. The third kappa shape index (κ3) is 3.27. The molecule has 0 unspecified atom stereocenters. The molecule has 1 heterocycles. The summed E-state index contributed by atoms with van der Waals surface area (Å²) in [4.78, 5) is 4.63. The van der Waals surface area contributed by atoms with Crippen LogP contribution in [0.15, 0.2) is 46.8 Å². The van der Waals surface area contributed by atoms with Gasteiger partial charge in [0.2, 0.25) is 0 Å². The lowest BCUT2D eigenvalue weighted by Crippen LogP contribution is -1.96. The third-order valence-electron chi connectivity index (χ3n) is 3.41. The van der Waals surface area contributed by atoms with Crippen LogP contribution in [0.25, 0.3) is 10.2 Å². The normalized spacial score (nSPS) is 12.5. The Morgan fingerprint density at radius 1 is 1.27 bits per heavy atom. The Bertz CT molecular complexity index is 750. The zero-order valence-electron chi connectivity index (χ0n) is 12.4. The second-order valence-electron chi connectivity index (χ2n) is 4.98. The van der Waals surface area contributed by atoms with E-state index in [0.29, 0.717) is 0 Å². The highest BCUT2D eigenvalue weighted by molar-refractivity contribution is 8.00. The molecule has 0 amide bonds. The van der Waals surface area contributed by atoms with E-state index in [0.717, 1.165) is 32.5 Å². The number of fused-ring (bicyclic) bond motifs is 1. The summed E-state index contributed by atoms with van der Waals surface area (Å²) in [7, 11) is 1.67. The van der Waals surface area contributed by atoms with Crippen molar-refractivity contribution in [2.24, 2.45) is 0 Å². The molecule has 0 fully saturated rings. The Labute approximate surface area is 138 Å². The maximum atomic E-state index is 9.73. The van der Waals surface area contributed by atoms with Crippen molar-refractivity contribution in [2.75, 3.05) is 7.11 Å². The van der Waals surface area contributed by atoms with Crippen LogP contribution in [0.3, 0.4) is 0 Å². The van der Waals surface area contributed by atoms with Gasteiger partial charge in [-0.3, -0.25) is 0 Å². The molecule has 1 aromatic heterocycles. The molecule has 0 radical (unpaired) electrons. The summed E-state index contributed by atoms with van der Waals surface area (Å²) >= 11 is 3.40. The van der Waals surface area contributed by atoms with E-state index in [1.54, 1.807) is 37.1 Å². The molecule has 1 N–H and O–H groups in total. The van der Waals surface area contributed by atoms with E-state index in [4.69, 9.17) is 4.74 Å². The first-order valence-corrected chi connectivity index (χ1v) is 8.81. The molecule has 114 valence electrons. The van der Waals surface area contributed by atoms with Gasteiger partial charge in [0.25, 0.3) is 0 Å². The van der Waals surface area contributed by atoms with E-state index < -0.39 is 6.10 Å². The molecule has 0 saturated carbocycles. The van der Waals surface area contributed by atoms with Crippen LogP contribution >= 0.6 is 23.1 Å². The molecular formula is C17H17NO2S2. The Morgan fingerprint density at radius 2 is 2.09 bits per heavy atom. The van der Waals surface area contributed by atoms with Crippen LogP contribution in [0.1, 0.15) is 24.2 Å². The predicted molar refractivity (Wildman–Crippen MR) is 92.8 cm³/mol. The minimum Gasteiger partial charge on any atom is -0.496 e. The Kier molecular flexibility index (Phi) is 4.66. The average Bonchev–Trinajstić information content (AvgIpc) is 2.95. The molecule has 0 aliphatic heterocycles. The van der Waals surface area contributed by atoms with Crippen molar-refractivity contribution in [1.29, 1.82) is 0 Å². The van der Waals surface area contributed by atoms with Crippen LogP contribution in [-0.2, 0) is 5.75 Å². The summed E-state index contributed by atoms with van der Waals surface area (Å²) < 4.78 is 7.67. The van der Waals surface area contributed by atoms with Gasteiger partial charge in [0.05, 0.1) is 23.4 Å². The summed E-state index contributed by atoms with van der Waals surface area (Å²) in [5.74, 6) is 1.61. The number of nitrogens with zero attached hydrogens (tertiary/aromatic N) is 1. The average molecular weight is 331 g/mol. The number of aliphatic hydroxyl groups excluding tert-OH is 1. The van der Waals surface area contributed by atoms with Crippen LogP contribution in [0.4, 0.5) is 0 Å². The van der Waals surface area contributed by atoms with Crippen LogP contribution in [0, 0.1) is 0 Å². The van der Waals surface area contributed by atoms with Gasteiger partial charge in [0.15, 0.2) is 4.34 Å². The largest absolute Gasteiger partial charge is 0.496 e. The molecule has 22 heavy (non-hydrogen) atoms. The number of aromatic nitrogens is 1. The van der Waals surface area contributed by atoms with Gasteiger partial charge in [-0.15, -0.1) is 11.3 Å². The third-order valence-corrected chi connectivity index (χ3v) is 5.64. The highest BCUT2D eigenvalue weighted by atomic mass is 32.2. The van der Waals surface area contributed by atoms with Gasteiger partial charge >= 0.3 is 0 Å². The first-order valence-electron chi connectivity index (χ1n) is 7.00. The van der Waals surface area contributed by atoms with Crippen molar-refractivity contribution >= 4 is 33.3 Å². The molecule has 0 spiro atoms. The maximum Gasteiger partial charge on any atom is 0.151 e. The minimum absolute atomic E-state index is 0.475. The van der Waals surface area contributed by atoms with Crippen molar-refractivity contribution in [3.05, 3.63) is 53.6 Å². The fraction of sp³-hybridized carbons (Fsp3) is 0.235. The zero-order chi connectivity index (χ0) is 15.5. The van der Waals surface area contributed by atoms with Crippen molar-refractivity contribution in [2.45, 2.75) is 23.1 Å². The molecule has 0 bridgehead atoms. The number of aliphatic hydroxyl groups is 1. The zero-order valence-corrected chi connectivity index (χ0v) is 14.1. The molecule has 0 saturated heterocycles. The summed E-state index contributed by atoms with van der Waals surface area (Å²) in [6.07, 6.45) is -0.475. The molecule has 5 heteroatoms. The summed E-state index contributed by atoms with van der Waals surface area (Å²) in [6, 6.07) is 14.0. The second-order valence-corrected chi connectivity index (χ2v) is 7.24. The Hall–Kier alpha value is -1.56. The van der Waals surface area contributed by atoms with Crippen molar-refractivity contribution in [3.8, 4) is 5.75 Å². The summed E-state index contributed by atoms with van der Waals surface area (Å²) in [5, 5.41) is 9.73. The molecule has 3 rings (SSSR count). The fourth-order valence-corrected chi connectivity index (χ4v) is 4.27. The highest BCUT2D eigenvalue weighted by Gasteiger charge is 2.10. The number of hydrogen-bond acceptors (Lipinski definition) is 5. The molecular weight excluding hydrogens is 314 g/mol. The number of methoxy groups -OCH3 is 1. The standard InChI is InChI=1S/C17H17NO2S2/c1-11(19)12-7-8-15(20-2)13(9-12)10-21-17-18-14-5-3-4-6-16(14)22-17/h3-9,11,19H,10H2,1-2H3/t11-/m1/s1. The van der Waals surface area contributed by atoms with Gasteiger partial charge in [0.1, 0.15) is 5.75 Å². The summed E-state index contributed by atoms with van der Waals surface area (Å²) in [5.41, 5.74) is 3.02. The topological polar surface area (TPSA) is 42.4 Å². The number of hydrogen-bond donors (Lipinski definition) is 1. The number of rotatable bonds is 5. The Balaban J connectivity index is 1.81. The van der Waals surface area contributed by atoms with E-state index >= 15 is 0 Å². The van der Waals surface area contributed by atoms with Crippen molar-refractivity contribution in [1.82, 2.24) is 4.98 Å². The first kappa shape index (κ1) is 15.3. The fourth-order valence-electron chi connectivity index (χ4n) is 2.22. The quantitative estimate of drug-likeness (QED) is 0.691. The van der Waals surface area contributed by atoms with E-state index in [-0.39, 0.29) is 0 Å². The van der Waals surface area contributed by atoms with Crippen LogP contribution in [-0.4, -0.2) is 17.2 Å². The van der Waals surface area contributed by atoms with Gasteiger partial charge in [-0.1, -0.05) is 30.0 Å². The van der Waals surface area contributed by atoms with E-state index in [9.17, 15) is 5.11 Å². The molecule has 2 aromatic carbocycles. The second kappa shape index (κ2) is 6.69. The van der Waals surface area contributed by atoms with E-state index in [2.05, 4.69) is 11.1 Å². The van der Waals surface area contributed by atoms with Gasteiger partial charge in [-0.05, 0) is 36.8 Å². The van der Waals surface area contributed by atoms with Crippen molar-refractivity contribution in [3.63, 3.8) is 0 Å². The smallest absolute Gasteiger partial charge is 0.151 e. The van der Waals surface area contributed by atoms with Gasteiger partial charge in [-0.25, -0.2) is 4.98 Å². The number of benzene rings is 2. The monoisotopic (exact) mass is 331 g/mol. The Morgan fingerprint density at radius 3 is 2.82 bits per heavy atom. The highest BCUT2D eigenvalue weighted by Crippen LogP contribution is 2.34. The van der Waals surface area contributed by atoms with Crippen LogP contribution < -0.4 is 4.74 Å². The number of ether oxygens (including phenoxy) is 1.